The van der Waals surface area contributed by atoms with Crippen molar-refractivity contribution in [3.63, 3.8) is 0 Å². The molecule has 2 rings (SSSR count). The van der Waals surface area contributed by atoms with E-state index >= 15 is 0 Å². The molecule has 26 heavy (non-hydrogen) atoms. The van der Waals surface area contributed by atoms with Crippen molar-refractivity contribution in [1.29, 1.82) is 0 Å². The van der Waals surface area contributed by atoms with Crippen LogP contribution in [0.2, 0.25) is 0 Å². The number of hydrogen-bond donors (Lipinski definition) is 3. The highest BCUT2D eigenvalue weighted by Gasteiger charge is 2.41. The van der Waals surface area contributed by atoms with Gasteiger partial charge in [-0.15, -0.1) is 0 Å². The molecule has 1 amide bonds. The Morgan fingerprint density at radius 3 is 2.42 bits per heavy atom. The van der Waals surface area contributed by atoms with Gasteiger partial charge in [-0.05, 0) is 31.7 Å². The Hall–Kier alpha value is -2.33. The van der Waals surface area contributed by atoms with E-state index in [0.29, 0.717) is 0 Å². The number of nitrogens with zero attached hydrogens (tertiary/aromatic N) is 1. The van der Waals surface area contributed by atoms with Crippen molar-refractivity contribution in [2.24, 2.45) is 5.92 Å². The Kier molecular flexibility index (Phi) is 6.09. The van der Waals surface area contributed by atoms with Crippen LogP contribution in [0.4, 0.5) is 33.5 Å². The largest absolute Gasteiger partial charge is 0.471 e. The third-order valence-electron chi connectivity index (χ3n) is 4.16. The van der Waals surface area contributed by atoms with E-state index in [-0.39, 0.29) is 42.8 Å². The molecule has 1 aliphatic rings. The van der Waals surface area contributed by atoms with Gasteiger partial charge in [0.25, 0.3) is 12.3 Å². The number of nitrogen functional groups attached to an aromatic ring is 2. The number of rotatable bonds is 5. The van der Waals surface area contributed by atoms with Crippen LogP contribution in [-0.2, 0) is 0 Å². The highest BCUT2D eigenvalue weighted by atomic mass is 19.4. The number of ether oxygens (including phenoxy) is 1. The molecule has 0 aromatic carbocycles. The molecule has 1 aromatic heterocycles. The number of pyridine rings is 1. The second-order valence-electron chi connectivity index (χ2n) is 6.08. The normalized spacial score (nSPS) is 20.8. The Balaban J connectivity index is 2.06. The number of nitrogens with one attached hydrogen (secondary N) is 1. The van der Waals surface area contributed by atoms with Crippen molar-refractivity contribution in [2.75, 3.05) is 18.1 Å². The molecule has 146 valence electrons. The van der Waals surface area contributed by atoms with Gasteiger partial charge in [-0.25, -0.2) is 8.78 Å². The first-order chi connectivity index (χ1) is 12.1. The average Bonchev–Trinajstić information content (AvgIpc) is 2.55. The van der Waals surface area contributed by atoms with Crippen molar-refractivity contribution < 1.29 is 31.5 Å². The summed E-state index contributed by atoms with van der Waals surface area (Å²) in [5, 5.41) is 2.57. The van der Waals surface area contributed by atoms with Gasteiger partial charge < -0.3 is 21.5 Å². The quantitative estimate of drug-likeness (QED) is 0.680. The predicted octanol–water partition coefficient (Wildman–Crippen LogP) is 2.74. The first-order valence-electron chi connectivity index (χ1n) is 7.92. The van der Waals surface area contributed by atoms with Gasteiger partial charge in [-0.2, -0.15) is 18.2 Å². The molecule has 1 aromatic rings. The van der Waals surface area contributed by atoms with Crippen LogP contribution in [0.25, 0.3) is 0 Å². The SMILES string of the molecule is Nc1cc(C(=O)NC2CCC(C(F)(F)F)CC2)c(OCC(F)F)nc1N. The third kappa shape index (κ3) is 5.09. The lowest BCUT2D eigenvalue weighted by atomic mass is 9.85. The summed E-state index contributed by atoms with van der Waals surface area (Å²) in [6, 6.07) is 0.669. The molecule has 1 heterocycles. The van der Waals surface area contributed by atoms with Gasteiger partial charge in [-0.1, -0.05) is 0 Å². The summed E-state index contributed by atoms with van der Waals surface area (Å²) in [5.41, 5.74) is 10.8. The summed E-state index contributed by atoms with van der Waals surface area (Å²) in [6.45, 7) is -0.993. The van der Waals surface area contributed by atoms with Crippen LogP contribution in [0.1, 0.15) is 36.0 Å². The second kappa shape index (κ2) is 7.92. The first kappa shape index (κ1) is 20.0. The number of alkyl halides is 5. The van der Waals surface area contributed by atoms with E-state index in [0.717, 1.165) is 6.07 Å². The number of nitrogens with two attached hydrogens (primary N) is 2. The molecule has 0 radical (unpaired) electrons. The minimum Gasteiger partial charge on any atom is -0.471 e. The van der Waals surface area contributed by atoms with Gasteiger partial charge in [0.1, 0.15) is 5.56 Å². The topological polar surface area (TPSA) is 103 Å². The Bertz CT molecular complexity index is 646. The lowest BCUT2D eigenvalue weighted by molar-refractivity contribution is -0.182. The van der Waals surface area contributed by atoms with Crippen LogP contribution in [-0.4, -0.2) is 36.1 Å². The molecule has 5 N–H and O–H groups in total. The number of halogens is 5. The van der Waals surface area contributed by atoms with Crippen LogP contribution >= 0.6 is 0 Å². The molecule has 1 aliphatic carbocycles. The fraction of sp³-hybridized carbons (Fsp3) is 0.600. The lowest BCUT2D eigenvalue weighted by Crippen LogP contribution is -2.40. The highest BCUT2D eigenvalue weighted by molar-refractivity contribution is 5.98. The molecule has 0 bridgehead atoms. The minimum atomic E-state index is -4.25. The molecule has 0 atom stereocenters. The maximum atomic E-state index is 12.7. The Morgan fingerprint density at radius 1 is 1.27 bits per heavy atom. The van der Waals surface area contributed by atoms with E-state index in [1.54, 1.807) is 0 Å². The molecular weight excluding hydrogens is 363 g/mol. The number of hydrogen-bond acceptors (Lipinski definition) is 5. The van der Waals surface area contributed by atoms with Gasteiger partial charge in [-0.3, -0.25) is 4.79 Å². The number of aromatic nitrogens is 1. The molecule has 6 nitrogen and oxygen atoms in total. The summed E-state index contributed by atoms with van der Waals surface area (Å²) in [4.78, 5) is 16.1. The van der Waals surface area contributed by atoms with Crippen LogP contribution < -0.4 is 21.5 Å². The van der Waals surface area contributed by atoms with Crippen molar-refractivity contribution in [2.45, 2.75) is 44.3 Å². The molecule has 0 spiro atoms. The number of carbonyl (C=O) groups excluding carboxylic acids is 1. The van der Waals surface area contributed by atoms with E-state index in [1.807, 2.05) is 0 Å². The van der Waals surface area contributed by atoms with Crippen LogP contribution in [0.15, 0.2) is 6.07 Å². The molecule has 0 aliphatic heterocycles. The number of amides is 1. The third-order valence-corrected chi connectivity index (χ3v) is 4.16. The number of anilines is 2. The summed E-state index contributed by atoms with van der Waals surface area (Å²) in [5.74, 6) is -2.69. The summed E-state index contributed by atoms with van der Waals surface area (Å²) in [6.07, 6.45) is -6.91. The molecular formula is C15H19F5N4O2. The van der Waals surface area contributed by atoms with E-state index in [4.69, 9.17) is 16.2 Å². The van der Waals surface area contributed by atoms with Crippen molar-refractivity contribution >= 4 is 17.4 Å². The van der Waals surface area contributed by atoms with Gasteiger partial charge >= 0.3 is 6.18 Å². The molecule has 0 unspecified atom stereocenters. The van der Waals surface area contributed by atoms with Crippen LogP contribution in [0.5, 0.6) is 5.88 Å². The maximum Gasteiger partial charge on any atom is 0.391 e. The standard InChI is InChI=1S/C15H19F5N4O2/c16-11(17)6-26-14-9(5-10(21)12(22)24-14)13(25)23-8-3-1-7(2-4-8)15(18,19)20/h5,7-8,11H,1-4,6,21H2,(H2,22,24)(H,23,25). The summed E-state index contributed by atoms with van der Waals surface area (Å²) in [7, 11) is 0. The average molecular weight is 382 g/mol. The lowest BCUT2D eigenvalue weighted by Gasteiger charge is -2.30. The zero-order valence-corrected chi connectivity index (χ0v) is 13.7. The van der Waals surface area contributed by atoms with Crippen molar-refractivity contribution in [1.82, 2.24) is 10.3 Å². The van der Waals surface area contributed by atoms with Crippen molar-refractivity contribution in [3.8, 4) is 5.88 Å². The minimum absolute atomic E-state index is 0.0414. The molecule has 1 saturated carbocycles. The maximum absolute atomic E-state index is 12.7. The van der Waals surface area contributed by atoms with Gasteiger partial charge in [0.05, 0.1) is 11.6 Å². The van der Waals surface area contributed by atoms with E-state index in [1.165, 1.54) is 0 Å². The van der Waals surface area contributed by atoms with Crippen LogP contribution in [0.3, 0.4) is 0 Å². The Labute approximate surface area is 146 Å². The summed E-state index contributed by atoms with van der Waals surface area (Å²) >= 11 is 0. The van der Waals surface area contributed by atoms with Crippen molar-refractivity contribution in [3.05, 3.63) is 11.6 Å². The number of carbonyl (C=O) groups is 1. The monoisotopic (exact) mass is 382 g/mol. The zero-order chi connectivity index (χ0) is 19.5. The predicted molar refractivity (Wildman–Crippen MR) is 83.8 cm³/mol. The molecule has 0 saturated heterocycles. The summed E-state index contributed by atoms with van der Waals surface area (Å²) < 4.78 is 67.5. The van der Waals surface area contributed by atoms with E-state index < -0.39 is 43.0 Å². The fourth-order valence-corrected chi connectivity index (χ4v) is 2.77. The molecule has 1 fully saturated rings. The smallest absolute Gasteiger partial charge is 0.391 e. The van der Waals surface area contributed by atoms with Gasteiger partial charge in [0, 0.05) is 6.04 Å². The van der Waals surface area contributed by atoms with Gasteiger partial charge in [0.2, 0.25) is 5.88 Å². The van der Waals surface area contributed by atoms with Gasteiger partial charge in [0.15, 0.2) is 12.4 Å². The van der Waals surface area contributed by atoms with Crippen LogP contribution in [0, 0.1) is 5.92 Å². The molecule has 11 heteroatoms. The fourth-order valence-electron chi connectivity index (χ4n) is 2.77. The Morgan fingerprint density at radius 2 is 1.88 bits per heavy atom. The first-order valence-corrected chi connectivity index (χ1v) is 7.92. The zero-order valence-electron chi connectivity index (χ0n) is 13.7. The second-order valence-corrected chi connectivity index (χ2v) is 6.08. The van der Waals surface area contributed by atoms with E-state index in [2.05, 4.69) is 10.3 Å². The van der Waals surface area contributed by atoms with E-state index in [9.17, 15) is 26.7 Å². The highest BCUT2D eigenvalue weighted by Crippen LogP contribution is 2.37.